The predicted octanol–water partition coefficient (Wildman–Crippen LogP) is 3.77. The first-order chi connectivity index (χ1) is 13.1. The number of aliphatic hydroxyl groups excluding tert-OH is 1. The number of hydrogen-bond acceptors (Lipinski definition) is 3. The van der Waals surface area contributed by atoms with Crippen LogP contribution in [0.1, 0.15) is 41.6 Å². The van der Waals surface area contributed by atoms with Crippen molar-refractivity contribution >= 4 is 28.5 Å². The molecule has 0 saturated heterocycles. The van der Waals surface area contributed by atoms with Gasteiger partial charge in [0, 0.05) is 24.0 Å². The molecule has 2 N–H and O–H groups in total. The van der Waals surface area contributed by atoms with Gasteiger partial charge in [-0.05, 0) is 42.7 Å². The van der Waals surface area contributed by atoms with Crippen molar-refractivity contribution in [1.82, 2.24) is 14.9 Å². The van der Waals surface area contributed by atoms with E-state index in [4.69, 9.17) is 11.6 Å². The van der Waals surface area contributed by atoms with Gasteiger partial charge in [-0.25, -0.2) is 0 Å². The highest BCUT2D eigenvalue weighted by atomic mass is 35.5. The molecular formula is C21H22ClN3O2. The second-order valence-corrected chi connectivity index (χ2v) is 7.54. The summed E-state index contributed by atoms with van der Waals surface area (Å²) in [5, 5.41) is 13.9. The summed E-state index contributed by atoms with van der Waals surface area (Å²) >= 11 is 5.97. The fraction of sp³-hybridized carbons (Fsp3) is 0.333. The zero-order valence-electron chi connectivity index (χ0n) is 14.9. The Morgan fingerprint density at radius 3 is 2.78 bits per heavy atom. The van der Waals surface area contributed by atoms with Gasteiger partial charge < -0.3 is 15.0 Å². The SMILES string of the molecule is O=C(NC1CCCCC1O)c1cn(Cc2ccc(Cl)cc2)c2cccnc12. The van der Waals surface area contributed by atoms with Crippen LogP contribution in [0.3, 0.4) is 0 Å². The average molecular weight is 384 g/mol. The zero-order valence-corrected chi connectivity index (χ0v) is 15.7. The number of rotatable bonds is 4. The minimum absolute atomic E-state index is 0.181. The molecule has 0 radical (unpaired) electrons. The maximum absolute atomic E-state index is 12.9. The topological polar surface area (TPSA) is 67.2 Å². The first-order valence-electron chi connectivity index (χ1n) is 9.29. The Bertz CT molecular complexity index is 952. The molecule has 0 bridgehead atoms. The number of nitrogens with zero attached hydrogens (tertiary/aromatic N) is 2. The Kier molecular flexibility index (Phi) is 5.14. The summed E-state index contributed by atoms with van der Waals surface area (Å²) in [6.45, 7) is 0.624. The van der Waals surface area contributed by atoms with Crippen LogP contribution in [0.15, 0.2) is 48.8 Å². The van der Waals surface area contributed by atoms with Gasteiger partial charge in [0.05, 0.1) is 23.2 Å². The number of aliphatic hydroxyl groups is 1. The van der Waals surface area contributed by atoms with Crippen LogP contribution in [-0.2, 0) is 6.54 Å². The molecule has 1 aliphatic rings. The van der Waals surface area contributed by atoms with E-state index in [0.29, 0.717) is 22.6 Å². The maximum Gasteiger partial charge on any atom is 0.255 e. The Hall–Kier alpha value is -2.37. The number of pyridine rings is 1. The lowest BCUT2D eigenvalue weighted by Gasteiger charge is -2.28. The Morgan fingerprint density at radius 2 is 2.00 bits per heavy atom. The van der Waals surface area contributed by atoms with Crippen molar-refractivity contribution in [2.75, 3.05) is 0 Å². The maximum atomic E-state index is 12.9. The highest BCUT2D eigenvalue weighted by Crippen LogP contribution is 2.23. The first kappa shape index (κ1) is 18.0. The summed E-state index contributed by atoms with van der Waals surface area (Å²) in [6, 6.07) is 11.3. The van der Waals surface area contributed by atoms with E-state index < -0.39 is 6.10 Å². The van der Waals surface area contributed by atoms with Gasteiger partial charge in [0.1, 0.15) is 5.52 Å². The molecule has 140 valence electrons. The average Bonchev–Trinajstić information content (AvgIpc) is 3.04. The molecule has 2 unspecified atom stereocenters. The van der Waals surface area contributed by atoms with Crippen LogP contribution in [0.4, 0.5) is 0 Å². The number of carbonyl (C=O) groups is 1. The fourth-order valence-corrected chi connectivity index (χ4v) is 3.86. The van der Waals surface area contributed by atoms with Crippen molar-refractivity contribution in [3.05, 3.63) is 64.9 Å². The van der Waals surface area contributed by atoms with Gasteiger partial charge in [-0.3, -0.25) is 9.78 Å². The molecule has 0 spiro atoms. The minimum atomic E-state index is -0.474. The van der Waals surface area contributed by atoms with Crippen molar-refractivity contribution in [2.24, 2.45) is 0 Å². The van der Waals surface area contributed by atoms with Gasteiger partial charge in [-0.1, -0.05) is 36.6 Å². The normalized spacial score (nSPS) is 19.9. The number of fused-ring (bicyclic) bond motifs is 1. The third-order valence-electron chi connectivity index (χ3n) is 5.19. The standard InChI is InChI=1S/C21H22ClN3O2/c22-15-9-7-14(8-10-15)12-25-13-16(20-18(25)5-3-11-23-20)21(27)24-17-4-1-2-6-19(17)26/h3,5,7-11,13,17,19,26H,1-2,4,6,12H2,(H,24,27). The van der Waals surface area contributed by atoms with Gasteiger partial charge in [0.25, 0.3) is 5.91 Å². The Labute approximate surface area is 163 Å². The summed E-state index contributed by atoms with van der Waals surface area (Å²) in [5.74, 6) is -0.181. The van der Waals surface area contributed by atoms with Crippen LogP contribution in [0, 0.1) is 0 Å². The number of aromatic nitrogens is 2. The highest BCUT2D eigenvalue weighted by molar-refractivity contribution is 6.30. The molecule has 5 nitrogen and oxygen atoms in total. The zero-order chi connectivity index (χ0) is 18.8. The smallest absolute Gasteiger partial charge is 0.255 e. The summed E-state index contributed by atoms with van der Waals surface area (Å²) in [5.41, 5.74) is 3.21. The summed E-state index contributed by atoms with van der Waals surface area (Å²) < 4.78 is 2.03. The van der Waals surface area contributed by atoms with Crippen molar-refractivity contribution in [3.63, 3.8) is 0 Å². The van der Waals surface area contributed by atoms with Crippen LogP contribution >= 0.6 is 11.6 Å². The largest absolute Gasteiger partial charge is 0.391 e. The van der Waals surface area contributed by atoms with E-state index in [0.717, 1.165) is 36.8 Å². The van der Waals surface area contributed by atoms with Crippen LogP contribution < -0.4 is 5.32 Å². The monoisotopic (exact) mass is 383 g/mol. The van der Waals surface area contributed by atoms with E-state index in [1.165, 1.54) is 0 Å². The quantitative estimate of drug-likeness (QED) is 0.720. The van der Waals surface area contributed by atoms with Gasteiger partial charge in [0.15, 0.2) is 0 Å². The van der Waals surface area contributed by atoms with Gasteiger partial charge in [-0.2, -0.15) is 0 Å². The Balaban J connectivity index is 1.63. The molecule has 1 amide bonds. The van der Waals surface area contributed by atoms with Crippen LogP contribution in [0.5, 0.6) is 0 Å². The van der Waals surface area contributed by atoms with Crippen LogP contribution in [0.2, 0.25) is 5.02 Å². The van der Waals surface area contributed by atoms with Crippen molar-refractivity contribution in [1.29, 1.82) is 0 Å². The van der Waals surface area contributed by atoms with E-state index in [-0.39, 0.29) is 11.9 Å². The summed E-state index contributed by atoms with van der Waals surface area (Å²) in [7, 11) is 0. The molecule has 0 aliphatic heterocycles. The first-order valence-corrected chi connectivity index (χ1v) is 9.67. The fourth-order valence-electron chi connectivity index (χ4n) is 3.73. The van der Waals surface area contributed by atoms with Crippen molar-refractivity contribution in [3.8, 4) is 0 Å². The van der Waals surface area contributed by atoms with E-state index in [2.05, 4.69) is 10.3 Å². The molecule has 2 heterocycles. The van der Waals surface area contributed by atoms with E-state index in [1.807, 2.05) is 47.2 Å². The van der Waals surface area contributed by atoms with Gasteiger partial charge in [0.2, 0.25) is 0 Å². The van der Waals surface area contributed by atoms with Crippen LogP contribution in [0.25, 0.3) is 11.0 Å². The molecule has 2 aromatic heterocycles. The molecule has 1 aromatic carbocycles. The van der Waals surface area contributed by atoms with Crippen molar-refractivity contribution in [2.45, 2.75) is 44.4 Å². The number of carbonyl (C=O) groups excluding carboxylic acids is 1. The van der Waals surface area contributed by atoms with Crippen molar-refractivity contribution < 1.29 is 9.90 Å². The summed E-state index contributed by atoms with van der Waals surface area (Å²) in [6.07, 6.45) is 6.65. The molecule has 27 heavy (non-hydrogen) atoms. The number of amides is 1. The molecule has 6 heteroatoms. The molecule has 1 fully saturated rings. The lowest BCUT2D eigenvalue weighted by molar-refractivity contribution is 0.0718. The highest BCUT2D eigenvalue weighted by Gasteiger charge is 2.26. The van der Waals surface area contributed by atoms with E-state index >= 15 is 0 Å². The number of hydrogen-bond donors (Lipinski definition) is 2. The van der Waals surface area contributed by atoms with Gasteiger partial charge in [-0.15, -0.1) is 0 Å². The second kappa shape index (κ2) is 7.71. The van der Waals surface area contributed by atoms with E-state index in [1.54, 1.807) is 6.20 Å². The summed E-state index contributed by atoms with van der Waals surface area (Å²) in [4.78, 5) is 17.3. The molecule has 4 rings (SSSR count). The number of nitrogens with one attached hydrogen (secondary N) is 1. The third kappa shape index (κ3) is 3.84. The minimum Gasteiger partial charge on any atom is -0.391 e. The predicted molar refractivity (Wildman–Crippen MR) is 106 cm³/mol. The van der Waals surface area contributed by atoms with E-state index in [9.17, 15) is 9.90 Å². The lowest BCUT2D eigenvalue weighted by Crippen LogP contribution is -2.45. The third-order valence-corrected chi connectivity index (χ3v) is 5.44. The lowest BCUT2D eigenvalue weighted by atomic mass is 9.92. The molecular weight excluding hydrogens is 362 g/mol. The molecule has 3 aromatic rings. The molecule has 1 aliphatic carbocycles. The Morgan fingerprint density at radius 1 is 1.22 bits per heavy atom. The second-order valence-electron chi connectivity index (χ2n) is 7.10. The molecule has 1 saturated carbocycles. The number of halogens is 1. The molecule has 2 atom stereocenters. The van der Waals surface area contributed by atoms with Gasteiger partial charge >= 0.3 is 0 Å². The number of benzene rings is 1. The van der Waals surface area contributed by atoms with Crippen LogP contribution in [-0.4, -0.2) is 32.7 Å².